The number of aromatic nitrogens is 3. The van der Waals surface area contributed by atoms with E-state index in [1.807, 2.05) is 29.8 Å². The lowest BCUT2D eigenvalue weighted by atomic mass is 9.84. The molecular formula is C22H26ClFN6. The van der Waals surface area contributed by atoms with E-state index in [0.717, 1.165) is 23.5 Å². The molecule has 0 aliphatic heterocycles. The van der Waals surface area contributed by atoms with E-state index in [2.05, 4.69) is 39.4 Å². The number of guanidine groups is 1. The van der Waals surface area contributed by atoms with Crippen LogP contribution in [0.15, 0.2) is 60.2 Å². The van der Waals surface area contributed by atoms with E-state index in [0.29, 0.717) is 24.1 Å². The number of hydrogen-bond acceptors (Lipinski definition) is 3. The summed E-state index contributed by atoms with van der Waals surface area (Å²) >= 11 is 6.26. The number of aliphatic imine (C=N–C) groups is 1. The van der Waals surface area contributed by atoms with Crippen LogP contribution in [0.4, 0.5) is 4.39 Å². The lowest BCUT2D eigenvalue weighted by Gasteiger charge is -2.27. The fourth-order valence-corrected chi connectivity index (χ4v) is 3.47. The monoisotopic (exact) mass is 428 g/mol. The molecule has 0 aliphatic rings. The van der Waals surface area contributed by atoms with Gasteiger partial charge in [-0.1, -0.05) is 31.5 Å². The van der Waals surface area contributed by atoms with Crippen molar-refractivity contribution < 1.29 is 4.39 Å². The molecule has 3 rings (SSSR count). The largest absolute Gasteiger partial charge is 0.357 e. The Hall–Kier alpha value is -2.93. The van der Waals surface area contributed by atoms with Gasteiger partial charge in [0, 0.05) is 42.1 Å². The van der Waals surface area contributed by atoms with Gasteiger partial charge in [-0.05, 0) is 42.3 Å². The van der Waals surface area contributed by atoms with Gasteiger partial charge in [0.2, 0.25) is 0 Å². The molecule has 0 saturated carbocycles. The first kappa shape index (κ1) is 21.8. The summed E-state index contributed by atoms with van der Waals surface area (Å²) in [4.78, 5) is 13.1. The maximum absolute atomic E-state index is 13.4. The van der Waals surface area contributed by atoms with Crippen molar-refractivity contribution in [2.75, 3.05) is 13.1 Å². The van der Waals surface area contributed by atoms with Crippen LogP contribution in [0, 0.1) is 5.82 Å². The smallest absolute Gasteiger partial charge is 0.191 e. The Morgan fingerprint density at radius 2 is 2.03 bits per heavy atom. The van der Waals surface area contributed by atoms with E-state index in [1.54, 1.807) is 24.8 Å². The highest BCUT2D eigenvalue weighted by molar-refractivity contribution is 6.31. The zero-order valence-electron chi connectivity index (χ0n) is 17.4. The van der Waals surface area contributed by atoms with Gasteiger partial charge in [0.05, 0.1) is 6.54 Å². The minimum absolute atomic E-state index is 0.313. The number of halogens is 2. The van der Waals surface area contributed by atoms with Gasteiger partial charge in [-0.3, -0.25) is 4.57 Å². The normalized spacial score (nSPS) is 12.1. The summed E-state index contributed by atoms with van der Waals surface area (Å²) in [6, 6.07) is 8.44. The molecule has 0 amide bonds. The molecule has 2 aromatic heterocycles. The molecule has 0 fully saturated rings. The quantitative estimate of drug-likeness (QED) is 0.439. The number of pyridine rings is 1. The molecule has 0 unspecified atom stereocenters. The van der Waals surface area contributed by atoms with Crippen LogP contribution < -0.4 is 10.6 Å². The van der Waals surface area contributed by atoms with Crippen LogP contribution in [0.25, 0.3) is 5.82 Å². The summed E-state index contributed by atoms with van der Waals surface area (Å²) < 4.78 is 15.2. The molecule has 3 aromatic rings. The highest BCUT2D eigenvalue weighted by atomic mass is 35.5. The Labute approximate surface area is 181 Å². The van der Waals surface area contributed by atoms with Crippen molar-refractivity contribution in [2.24, 2.45) is 4.99 Å². The SMILES string of the molecule is CCNC(=NCc1ccnc(-n2ccnc2)c1)NCC(C)(C)c1ccc(F)cc1Cl. The second-order valence-electron chi connectivity index (χ2n) is 7.55. The summed E-state index contributed by atoms with van der Waals surface area (Å²) in [7, 11) is 0. The molecular weight excluding hydrogens is 403 g/mol. The van der Waals surface area contributed by atoms with Gasteiger partial charge >= 0.3 is 0 Å². The van der Waals surface area contributed by atoms with Crippen LogP contribution in [0.1, 0.15) is 31.9 Å². The molecule has 158 valence electrons. The van der Waals surface area contributed by atoms with Crippen molar-refractivity contribution in [3.8, 4) is 5.82 Å². The van der Waals surface area contributed by atoms with Gasteiger partial charge in [0.25, 0.3) is 0 Å². The van der Waals surface area contributed by atoms with E-state index in [1.165, 1.54) is 12.1 Å². The number of nitrogens with one attached hydrogen (secondary N) is 2. The third-order valence-electron chi connectivity index (χ3n) is 4.70. The molecule has 0 radical (unpaired) electrons. The fourth-order valence-electron chi connectivity index (χ4n) is 3.05. The van der Waals surface area contributed by atoms with E-state index in [4.69, 9.17) is 11.6 Å². The molecule has 0 bridgehead atoms. The van der Waals surface area contributed by atoms with E-state index in [9.17, 15) is 4.39 Å². The second-order valence-corrected chi connectivity index (χ2v) is 7.96. The summed E-state index contributed by atoms with van der Waals surface area (Å²) in [5, 5.41) is 7.05. The van der Waals surface area contributed by atoms with Crippen LogP contribution >= 0.6 is 11.6 Å². The second kappa shape index (κ2) is 9.71. The van der Waals surface area contributed by atoms with E-state index in [-0.39, 0.29) is 11.2 Å². The first-order valence-corrected chi connectivity index (χ1v) is 10.2. The van der Waals surface area contributed by atoms with Crippen LogP contribution in [-0.2, 0) is 12.0 Å². The molecule has 8 heteroatoms. The summed E-state index contributed by atoms with van der Waals surface area (Å²) in [6.07, 6.45) is 7.04. The molecule has 2 N–H and O–H groups in total. The first-order chi connectivity index (χ1) is 14.4. The molecule has 0 aliphatic carbocycles. The average molecular weight is 429 g/mol. The van der Waals surface area contributed by atoms with Crippen molar-refractivity contribution >= 4 is 17.6 Å². The third-order valence-corrected chi connectivity index (χ3v) is 5.01. The predicted molar refractivity (Wildman–Crippen MR) is 119 cm³/mol. The summed E-state index contributed by atoms with van der Waals surface area (Å²) in [5.74, 6) is 1.16. The molecule has 6 nitrogen and oxygen atoms in total. The Kier molecular flexibility index (Phi) is 7.05. The fraction of sp³-hybridized carbons (Fsp3) is 0.318. The molecule has 30 heavy (non-hydrogen) atoms. The zero-order valence-corrected chi connectivity index (χ0v) is 18.1. The molecule has 0 saturated heterocycles. The van der Waals surface area contributed by atoms with Crippen LogP contribution in [-0.4, -0.2) is 33.6 Å². The van der Waals surface area contributed by atoms with Crippen LogP contribution in [0.5, 0.6) is 0 Å². The van der Waals surface area contributed by atoms with Gasteiger partial charge in [0.1, 0.15) is 18.0 Å². The highest BCUT2D eigenvalue weighted by Gasteiger charge is 2.24. The highest BCUT2D eigenvalue weighted by Crippen LogP contribution is 2.29. The molecule has 0 spiro atoms. The number of rotatable bonds is 7. The van der Waals surface area contributed by atoms with Gasteiger partial charge in [-0.15, -0.1) is 0 Å². The molecule has 1 aromatic carbocycles. The Morgan fingerprint density at radius 3 is 2.73 bits per heavy atom. The maximum atomic E-state index is 13.4. The topological polar surface area (TPSA) is 67.1 Å². The minimum atomic E-state index is -0.338. The number of imidazole rings is 1. The van der Waals surface area contributed by atoms with Gasteiger partial charge < -0.3 is 10.6 Å². The minimum Gasteiger partial charge on any atom is -0.357 e. The number of nitrogens with zero attached hydrogens (tertiary/aromatic N) is 4. The maximum Gasteiger partial charge on any atom is 0.191 e. The van der Waals surface area contributed by atoms with Crippen molar-refractivity contribution in [1.82, 2.24) is 25.2 Å². The van der Waals surface area contributed by atoms with E-state index >= 15 is 0 Å². The molecule has 2 heterocycles. The van der Waals surface area contributed by atoms with Gasteiger partial charge in [0.15, 0.2) is 5.96 Å². The number of hydrogen-bond donors (Lipinski definition) is 2. The Morgan fingerprint density at radius 1 is 1.20 bits per heavy atom. The summed E-state index contributed by atoms with van der Waals surface area (Å²) in [6.45, 7) is 7.95. The standard InChI is InChI=1S/C22H26ClFN6/c1-4-26-21(29-14-22(2,3)18-6-5-17(24)12-19(18)23)28-13-16-7-8-27-20(11-16)30-10-9-25-15-30/h5-12,15H,4,13-14H2,1-3H3,(H2,26,28,29). The van der Waals surface area contributed by atoms with Crippen molar-refractivity contribution in [1.29, 1.82) is 0 Å². The molecule has 0 atom stereocenters. The van der Waals surface area contributed by atoms with E-state index < -0.39 is 0 Å². The Bertz CT molecular complexity index is 1000. The van der Waals surface area contributed by atoms with Crippen molar-refractivity contribution in [3.05, 3.63) is 77.2 Å². The predicted octanol–water partition coefficient (Wildman–Crippen LogP) is 4.09. The lowest BCUT2D eigenvalue weighted by molar-refractivity contribution is 0.507. The Balaban J connectivity index is 1.69. The average Bonchev–Trinajstić information content (AvgIpc) is 3.25. The third kappa shape index (κ3) is 5.57. The first-order valence-electron chi connectivity index (χ1n) is 9.80. The lowest BCUT2D eigenvalue weighted by Crippen LogP contribution is -2.43. The summed E-state index contributed by atoms with van der Waals surface area (Å²) in [5.41, 5.74) is 1.60. The van der Waals surface area contributed by atoms with Crippen LogP contribution in [0.3, 0.4) is 0 Å². The zero-order chi connectivity index (χ0) is 21.6. The van der Waals surface area contributed by atoms with Gasteiger partial charge in [-0.2, -0.15) is 0 Å². The number of benzene rings is 1. The van der Waals surface area contributed by atoms with Crippen molar-refractivity contribution in [2.45, 2.75) is 32.7 Å². The van der Waals surface area contributed by atoms with Crippen LogP contribution in [0.2, 0.25) is 5.02 Å². The van der Waals surface area contributed by atoms with Gasteiger partial charge in [-0.25, -0.2) is 19.4 Å². The van der Waals surface area contributed by atoms with Crippen molar-refractivity contribution in [3.63, 3.8) is 0 Å².